The van der Waals surface area contributed by atoms with E-state index in [-0.39, 0.29) is 23.6 Å². The normalized spacial score (nSPS) is 11.1. The predicted octanol–water partition coefficient (Wildman–Crippen LogP) is 23.6. The smallest absolute Gasteiger partial charge is 0.229 e. The molecule has 16 heterocycles. The number of rotatable bonds is 23. The summed E-state index contributed by atoms with van der Waals surface area (Å²) in [6.45, 7) is 26.9. The molecule has 6 N–H and O–H groups in total. The molecule has 25 nitrogen and oxygen atoms in total. The van der Waals surface area contributed by atoms with Gasteiger partial charge in [-0.1, -0.05) is 119 Å². The largest absolute Gasteiger partial charge is 0.472 e. The molecule has 19 rings (SSSR count). The van der Waals surface area contributed by atoms with Crippen LogP contribution in [0.4, 0.5) is 25.7 Å². The Morgan fingerprint density at radius 3 is 1.23 bits per heavy atom. The molecule has 30 heteroatoms. The van der Waals surface area contributed by atoms with E-state index in [0.29, 0.717) is 36.1 Å². The lowest BCUT2D eigenvalue weighted by atomic mass is 10.1. The number of aromatic amines is 5. The minimum absolute atomic E-state index is 0.000331. The van der Waals surface area contributed by atoms with Crippen LogP contribution < -0.4 is 24.9 Å². The first kappa shape index (κ1) is 87.0. The number of nitriles is 1. The van der Waals surface area contributed by atoms with Gasteiger partial charge in [-0.2, -0.15) is 5.26 Å². The number of aromatic nitrogens is 15. The minimum atomic E-state index is -0.0813. The van der Waals surface area contributed by atoms with Gasteiger partial charge in [-0.05, 0) is 101 Å². The Kier molecular flexibility index (Phi) is 27.7. The van der Waals surface area contributed by atoms with Gasteiger partial charge >= 0.3 is 0 Å². The van der Waals surface area contributed by atoms with Crippen LogP contribution in [-0.4, -0.2) is 132 Å². The molecule has 0 radical (unpaired) electrons. The molecule has 0 fully saturated rings. The summed E-state index contributed by atoms with van der Waals surface area (Å²) in [7, 11) is 0. The van der Waals surface area contributed by atoms with Crippen LogP contribution in [0.25, 0.3) is 156 Å². The van der Waals surface area contributed by atoms with Crippen molar-refractivity contribution in [1.82, 2.24) is 74.8 Å². The monoisotopic (exact) mass is 1760 g/mol. The third-order valence-corrected chi connectivity index (χ3v) is 25.3. The molecule has 636 valence electrons. The van der Waals surface area contributed by atoms with Crippen LogP contribution in [0.15, 0.2) is 233 Å². The van der Waals surface area contributed by atoms with Crippen molar-refractivity contribution in [2.45, 2.75) is 82.6 Å². The number of fused-ring (bicyclic) bond motifs is 5. The highest BCUT2D eigenvalue weighted by Gasteiger charge is 2.24. The van der Waals surface area contributed by atoms with Crippen molar-refractivity contribution in [2.75, 3.05) is 64.2 Å². The number of carbonyl (C=O) groups is 3. The first-order valence-electron chi connectivity index (χ1n) is 41.6. The summed E-state index contributed by atoms with van der Waals surface area (Å²) in [4.78, 5) is 106. The molecule has 0 spiro atoms. The highest BCUT2D eigenvalue weighted by atomic mass is 32.1. The van der Waals surface area contributed by atoms with E-state index >= 15 is 0 Å². The van der Waals surface area contributed by atoms with E-state index in [1.165, 1.54) is 34.0 Å². The first-order valence-corrected chi connectivity index (χ1v) is 46.0. The van der Waals surface area contributed by atoms with Crippen LogP contribution in [-0.2, 0) is 14.4 Å². The predicted molar refractivity (Wildman–Crippen MR) is 517 cm³/mol. The van der Waals surface area contributed by atoms with Crippen molar-refractivity contribution in [3.8, 4) is 107 Å². The van der Waals surface area contributed by atoms with E-state index < -0.39 is 0 Å². The van der Waals surface area contributed by atoms with Gasteiger partial charge in [0.15, 0.2) is 25.7 Å². The van der Waals surface area contributed by atoms with Crippen LogP contribution in [0.5, 0.6) is 0 Å². The van der Waals surface area contributed by atoms with Gasteiger partial charge in [0.2, 0.25) is 17.7 Å². The average molecular weight is 1770 g/mol. The summed E-state index contributed by atoms with van der Waals surface area (Å²) in [6, 6.07) is 47.1. The van der Waals surface area contributed by atoms with E-state index in [1.807, 2.05) is 160 Å². The maximum absolute atomic E-state index is 12.6. The fourth-order valence-corrected chi connectivity index (χ4v) is 18.7. The van der Waals surface area contributed by atoms with Gasteiger partial charge in [0.05, 0.1) is 52.3 Å². The topological polar surface area (TPSA) is 321 Å². The zero-order valence-corrected chi connectivity index (χ0v) is 75.5. The molecule has 3 aromatic carbocycles. The summed E-state index contributed by atoms with van der Waals surface area (Å²) in [5.41, 5.74) is 22.6. The zero-order valence-electron chi connectivity index (χ0n) is 71.4. The molecule has 19 aromatic rings. The Hall–Kier alpha value is -14.0. The number of anilines is 5. The summed E-state index contributed by atoms with van der Waals surface area (Å²) >= 11 is 7.73. The van der Waals surface area contributed by atoms with Gasteiger partial charge < -0.3 is 44.5 Å². The van der Waals surface area contributed by atoms with Crippen LogP contribution in [0.2, 0.25) is 0 Å². The fourth-order valence-electron chi connectivity index (χ4n) is 14.2. The van der Waals surface area contributed by atoms with Gasteiger partial charge in [0.25, 0.3) is 0 Å². The van der Waals surface area contributed by atoms with Crippen molar-refractivity contribution in [1.29, 1.82) is 5.26 Å². The Balaban J connectivity index is 0.000000122. The SMILES string of the molecule is CC(C)C(=O)Nc1nc(-c2c[nH]c3ncc(-c4ccoc4)cc23)cs1.CCN(C(=O)CC(C)C)c1nc(-c2c[nH]c3ncc(-c4ccccc4)cc23)cs1.CCN(C(C)=O)c1nc(-c2c[nH]c3ncc(-c4ccccc4)cc23)cs1.CCN(CC)c1nc(-c2c[nH]c3nc(-c4ccccc4)ccc23)cs1.CCN(CC)c1nc(-c2c[nH]c3ncc(C#N)cc23)cs1. The number of nitrogens with zero attached hydrogens (tertiary/aromatic N) is 15. The highest BCUT2D eigenvalue weighted by Crippen LogP contribution is 2.40. The Labute approximate surface area is 748 Å². The zero-order chi connectivity index (χ0) is 87.9. The number of carbonyl (C=O) groups excluding carboxylic acids is 3. The second-order valence-electron chi connectivity index (χ2n) is 29.9. The number of amides is 3. The number of thiazole rings is 5. The van der Waals surface area contributed by atoms with Crippen molar-refractivity contribution >= 4 is 155 Å². The molecular formula is C96H93N21O4S5. The van der Waals surface area contributed by atoms with Crippen molar-refractivity contribution in [2.24, 2.45) is 11.8 Å². The first-order chi connectivity index (χ1) is 61.4. The van der Waals surface area contributed by atoms with Gasteiger partial charge in [0.1, 0.15) is 34.3 Å². The lowest BCUT2D eigenvalue weighted by Gasteiger charge is -2.18. The molecular weight excluding hydrogens is 1670 g/mol. The molecule has 0 aliphatic rings. The standard InChI is InChI=1S/C23H24N4OS.C20H18N4OS.C20H20N4S.C18H16N4O2S.C15H15N5S/c1-4-27(21(28)10-15(2)3)23-26-20(14-29-23)19-13-25-22-18(19)11-17(12-24-22)16-8-6-5-7-9-16;1-3-24(13(2)25)20-23-18(12-26-20)17-11-22-19-16(17)9-15(10-21-19)14-7-5-4-6-8-14;1-3-24(4-2)20-23-18(13-25-20)16-12-21-19-15(16)10-11-17(22-19)14-8-6-5-7-9-14;1-10(2)17(23)22-18-21-15(9-25-18)14-7-20-16-13(14)5-12(6-19-16)11-3-4-24-8-11;1-3-20(4-2)15-19-13(9-21-15)12-8-18-14-11(12)5-10(6-16)7-17-14/h5-9,11-15H,4,10H2,1-3H3,(H,24,25);4-12H,3H2,1-2H3,(H,21,22);5-13H,3-4H2,1-2H3,(H,21,22);3-10H,1-2H3,(H,19,20)(H,21,22,23);5,7-9H,3-4H2,1-2H3,(H,17,18). The lowest BCUT2D eigenvalue weighted by molar-refractivity contribution is -0.119. The van der Waals surface area contributed by atoms with E-state index in [9.17, 15) is 14.4 Å². The number of H-pyrrole nitrogens is 5. The van der Waals surface area contributed by atoms with Gasteiger partial charge in [-0.15, -0.1) is 56.7 Å². The number of hydrogen-bond acceptors (Lipinski definition) is 22. The summed E-state index contributed by atoms with van der Waals surface area (Å²) in [5, 5.41) is 31.2. The number of pyridine rings is 5. The molecule has 126 heavy (non-hydrogen) atoms. The maximum Gasteiger partial charge on any atom is 0.229 e. The minimum Gasteiger partial charge on any atom is -0.472 e. The quantitative estimate of drug-likeness (QED) is 0.0346. The number of furan rings is 1. The summed E-state index contributed by atoms with van der Waals surface area (Å²) in [6.07, 6.45) is 20.7. The highest BCUT2D eigenvalue weighted by molar-refractivity contribution is 7.15. The van der Waals surface area contributed by atoms with Crippen molar-refractivity contribution in [3.63, 3.8) is 0 Å². The second kappa shape index (κ2) is 40.1. The van der Waals surface area contributed by atoms with E-state index in [2.05, 4.69) is 195 Å². The number of nitrogens with one attached hydrogen (secondary N) is 6. The van der Waals surface area contributed by atoms with Crippen molar-refractivity contribution in [3.05, 3.63) is 234 Å². The van der Waals surface area contributed by atoms with E-state index in [0.717, 1.165) is 203 Å². The van der Waals surface area contributed by atoms with E-state index in [4.69, 9.17) is 29.6 Å². The third kappa shape index (κ3) is 19.6. The number of benzene rings is 3. The van der Waals surface area contributed by atoms with E-state index in [1.54, 1.807) is 58.1 Å². The number of hydrogen-bond donors (Lipinski definition) is 6. The third-order valence-electron chi connectivity index (χ3n) is 21.0. The lowest BCUT2D eigenvalue weighted by Crippen LogP contribution is -2.31. The molecule has 0 atom stereocenters. The summed E-state index contributed by atoms with van der Waals surface area (Å²) in [5.74, 6) is 0.327. The van der Waals surface area contributed by atoms with Gasteiger partial charge in [0, 0.05) is 224 Å². The molecule has 0 aliphatic heterocycles. The Morgan fingerprint density at radius 2 is 0.810 bits per heavy atom. The second-order valence-corrected chi connectivity index (χ2v) is 34.1. The Morgan fingerprint density at radius 1 is 0.413 bits per heavy atom. The maximum atomic E-state index is 12.6. The molecule has 3 amide bonds. The molecule has 0 saturated heterocycles. The summed E-state index contributed by atoms with van der Waals surface area (Å²) < 4.78 is 5.15. The van der Waals surface area contributed by atoms with Crippen molar-refractivity contribution < 1.29 is 18.8 Å². The molecule has 0 bridgehead atoms. The van der Waals surface area contributed by atoms with Crippen LogP contribution in [0, 0.1) is 23.2 Å². The van der Waals surface area contributed by atoms with Gasteiger partial charge in [-0.3, -0.25) is 24.2 Å². The molecule has 0 aliphatic carbocycles. The van der Waals surface area contributed by atoms with Crippen LogP contribution >= 0.6 is 56.7 Å². The van der Waals surface area contributed by atoms with Gasteiger partial charge in [-0.25, -0.2) is 49.8 Å². The molecule has 16 aromatic heterocycles. The molecule has 0 saturated carbocycles. The van der Waals surface area contributed by atoms with Crippen LogP contribution in [0.1, 0.15) is 88.1 Å². The Bertz CT molecular complexity index is 6940. The molecule has 0 unspecified atom stereocenters. The fraction of sp³-hybridized carbons (Fsp3) is 0.208. The average Bonchev–Trinajstić information content (AvgIpc) is 1.74. The van der Waals surface area contributed by atoms with Crippen LogP contribution in [0.3, 0.4) is 0 Å².